The number of rotatable bonds is 0. The van der Waals surface area contributed by atoms with Crippen molar-refractivity contribution in [1.82, 2.24) is 5.32 Å². The van der Waals surface area contributed by atoms with Crippen LogP contribution in [0.2, 0.25) is 0 Å². The molecule has 0 saturated heterocycles. The number of amides is 1. The van der Waals surface area contributed by atoms with Crippen molar-refractivity contribution in [1.29, 1.82) is 0 Å². The number of hydrogen-bond acceptors (Lipinski definition) is 2. The molecule has 3 nitrogen and oxygen atoms in total. The standard InChI is InChI=1S/C10H16N2O/c13-10-8-5-3-1-2-4-6-9(8)11-7-12-10/h7-9H,1-6H2,(H,11,12,13). The molecule has 0 spiro atoms. The van der Waals surface area contributed by atoms with Crippen LogP contribution in [0.25, 0.3) is 0 Å². The third-order valence-corrected chi connectivity index (χ3v) is 3.04. The van der Waals surface area contributed by atoms with Crippen molar-refractivity contribution < 1.29 is 4.79 Å². The number of carbonyl (C=O) groups is 1. The molecule has 0 bridgehead atoms. The summed E-state index contributed by atoms with van der Waals surface area (Å²) in [4.78, 5) is 15.8. The molecule has 0 aromatic carbocycles. The minimum absolute atomic E-state index is 0.158. The maximum absolute atomic E-state index is 11.5. The van der Waals surface area contributed by atoms with Gasteiger partial charge in [-0.2, -0.15) is 0 Å². The highest BCUT2D eigenvalue weighted by Gasteiger charge is 2.30. The second kappa shape index (κ2) is 3.90. The van der Waals surface area contributed by atoms with Crippen LogP contribution < -0.4 is 5.32 Å². The van der Waals surface area contributed by atoms with Gasteiger partial charge in [0.1, 0.15) is 0 Å². The zero-order valence-corrected chi connectivity index (χ0v) is 7.83. The summed E-state index contributed by atoms with van der Waals surface area (Å²) in [5, 5.41) is 2.70. The van der Waals surface area contributed by atoms with Gasteiger partial charge in [-0.1, -0.05) is 25.7 Å². The molecule has 1 saturated carbocycles. The molecule has 2 unspecified atom stereocenters. The Hall–Kier alpha value is -0.860. The molecule has 1 fully saturated rings. The molecule has 1 aliphatic carbocycles. The molecule has 1 aliphatic heterocycles. The molecule has 72 valence electrons. The second-order valence-electron chi connectivity index (χ2n) is 3.95. The van der Waals surface area contributed by atoms with E-state index >= 15 is 0 Å². The van der Waals surface area contributed by atoms with Crippen molar-refractivity contribution in [2.24, 2.45) is 10.9 Å². The zero-order chi connectivity index (χ0) is 9.10. The SMILES string of the molecule is O=C1NC=NC2CCCCCCC12. The summed E-state index contributed by atoms with van der Waals surface area (Å²) in [6, 6.07) is 0.272. The van der Waals surface area contributed by atoms with Gasteiger partial charge in [-0.05, 0) is 12.8 Å². The van der Waals surface area contributed by atoms with Crippen LogP contribution in [0.1, 0.15) is 38.5 Å². The van der Waals surface area contributed by atoms with Crippen molar-refractivity contribution in [2.45, 2.75) is 44.6 Å². The first-order valence-corrected chi connectivity index (χ1v) is 5.20. The summed E-state index contributed by atoms with van der Waals surface area (Å²) < 4.78 is 0. The lowest BCUT2D eigenvalue weighted by atomic mass is 9.86. The Bertz CT molecular complexity index is 225. The van der Waals surface area contributed by atoms with E-state index in [2.05, 4.69) is 10.3 Å². The predicted octanol–water partition coefficient (Wildman–Crippen LogP) is 1.48. The molecule has 0 aromatic rings. The van der Waals surface area contributed by atoms with Crippen LogP contribution in [0.15, 0.2) is 4.99 Å². The Morgan fingerprint density at radius 2 is 2.00 bits per heavy atom. The summed E-state index contributed by atoms with van der Waals surface area (Å²) in [7, 11) is 0. The molecular formula is C10H16N2O. The number of nitrogens with zero attached hydrogens (tertiary/aromatic N) is 1. The smallest absolute Gasteiger partial charge is 0.230 e. The molecule has 2 atom stereocenters. The monoisotopic (exact) mass is 180 g/mol. The van der Waals surface area contributed by atoms with Crippen LogP contribution in [0.4, 0.5) is 0 Å². The van der Waals surface area contributed by atoms with Gasteiger partial charge in [0.15, 0.2) is 0 Å². The highest BCUT2D eigenvalue weighted by atomic mass is 16.2. The van der Waals surface area contributed by atoms with Crippen LogP contribution in [0.3, 0.4) is 0 Å². The van der Waals surface area contributed by atoms with E-state index in [-0.39, 0.29) is 17.9 Å². The Balaban J connectivity index is 2.07. The molecule has 13 heavy (non-hydrogen) atoms. The lowest BCUT2D eigenvalue weighted by Gasteiger charge is -2.27. The summed E-state index contributed by atoms with van der Waals surface area (Å²) in [6.07, 6.45) is 8.68. The van der Waals surface area contributed by atoms with E-state index in [0.717, 1.165) is 12.8 Å². The maximum Gasteiger partial charge on any atom is 0.230 e. The van der Waals surface area contributed by atoms with E-state index in [0.29, 0.717) is 0 Å². The molecule has 0 radical (unpaired) electrons. The fraction of sp³-hybridized carbons (Fsp3) is 0.800. The molecule has 1 heterocycles. The van der Waals surface area contributed by atoms with Crippen molar-refractivity contribution in [3.05, 3.63) is 0 Å². The van der Waals surface area contributed by atoms with E-state index in [4.69, 9.17) is 0 Å². The van der Waals surface area contributed by atoms with Crippen LogP contribution in [-0.4, -0.2) is 18.3 Å². The summed E-state index contributed by atoms with van der Waals surface area (Å²) >= 11 is 0. The molecule has 2 rings (SSSR count). The first kappa shape index (κ1) is 8.73. The Morgan fingerprint density at radius 1 is 1.23 bits per heavy atom. The first-order chi connectivity index (χ1) is 6.38. The zero-order valence-electron chi connectivity index (χ0n) is 7.83. The second-order valence-corrected chi connectivity index (χ2v) is 3.95. The van der Waals surface area contributed by atoms with Gasteiger partial charge in [0.05, 0.1) is 18.3 Å². The highest BCUT2D eigenvalue weighted by molar-refractivity contribution is 5.91. The van der Waals surface area contributed by atoms with Crippen molar-refractivity contribution in [2.75, 3.05) is 0 Å². The Labute approximate surface area is 78.6 Å². The van der Waals surface area contributed by atoms with Gasteiger partial charge in [-0.15, -0.1) is 0 Å². The van der Waals surface area contributed by atoms with Crippen molar-refractivity contribution in [3.8, 4) is 0 Å². The van der Waals surface area contributed by atoms with Gasteiger partial charge in [0.25, 0.3) is 0 Å². The van der Waals surface area contributed by atoms with Gasteiger partial charge >= 0.3 is 0 Å². The topological polar surface area (TPSA) is 41.5 Å². The van der Waals surface area contributed by atoms with Gasteiger partial charge in [-0.3, -0.25) is 9.79 Å². The van der Waals surface area contributed by atoms with Crippen LogP contribution in [0, 0.1) is 5.92 Å². The largest absolute Gasteiger partial charge is 0.317 e. The van der Waals surface area contributed by atoms with Crippen LogP contribution in [0.5, 0.6) is 0 Å². The third-order valence-electron chi connectivity index (χ3n) is 3.04. The molecule has 0 aromatic heterocycles. The Morgan fingerprint density at radius 3 is 2.85 bits per heavy atom. The fourth-order valence-corrected chi connectivity index (χ4v) is 2.25. The number of fused-ring (bicyclic) bond motifs is 1. The fourth-order valence-electron chi connectivity index (χ4n) is 2.25. The van der Waals surface area contributed by atoms with Gasteiger partial charge < -0.3 is 5.32 Å². The first-order valence-electron chi connectivity index (χ1n) is 5.20. The van der Waals surface area contributed by atoms with Crippen LogP contribution in [-0.2, 0) is 4.79 Å². The minimum Gasteiger partial charge on any atom is -0.317 e. The summed E-state index contributed by atoms with van der Waals surface area (Å²) in [5.74, 6) is 0.340. The van der Waals surface area contributed by atoms with E-state index in [1.807, 2.05) is 0 Å². The van der Waals surface area contributed by atoms with E-state index in [1.165, 1.54) is 25.7 Å². The van der Waals surface area contributed by atoms with Crippen molar-refractivity contribution in [3.63, 3.8) is 0 Å². The average molecular weight is 180 g/mol. The van der Waals surface area contributed by atoms with Crippen molar-refractivity contribution >= 4 is 12.2 Å². The van der Waals surface area contributed by atoms with E-state index in [9.17, 15) is 4.79 Å². The molecule has 1 amide bonds. The number of hydrogen-bond donors (Lipinski definition) is 1. The molecule has 1 N–H and O–H groups in total. The van der Waals surface area contributed by atoms with Gasteiger partial charge in [0.2, 0.25) is 5.91 Å². The summed E-state index contributed by atoms with van der Waals surface area (Å²) in [6.45, 7) is 0. The van der Waals surface area contributed by atoms with E-state index < -0.39 is 0 Å². The highest BCUT2D eigenvalue weighted by Crippen LogP contribution is 2.26. The lowest BCUT2D eigenvalue weighted by Crippen LogP contribution is -2.41. The lowest BCUT2D eigenvalue weighted by molar-refractivity contribution is -0.125. The number of carbonyl (C=O) groups excluding carboxylic acids is 1. The normalized spacial score (nSPS) is 34.3. The molecule has 2 aliphatic rings. The number of nitrogens with one attached hydrogen (secondary N) is 1. The molecular weight excluding hydrogens is 164 g/mol. The quantitative estimate of drug-likeness (QED) is 0.602. The number of aliphatic imine (C=N–C) groups is 1. The van der Waals surface area contributed by atoms with Gasteiger partial charge in [-0.25, -0.2) is 0 Å². The average Bonchev–Trinajstić information content (AvgIpc) is 2.07. The minimum atomic E-state index is 0.158. The maximum atomic E-state index is 11.5. The van der Waals surface area contributed by atoms with Gasteiger partial charge in [0, 0.05) is 0 Å². The molecule has 3 heteroatoms. The van der Waals surface area contributed by atoms with E-state index in [1.54, 1.807) is 6.34 Å². The summed E-state index contributed by atoms with van der Waals surface area (Å²) in [5.41, 5.74) is 0. The van der Waals surface area contributed by atoms with Crippen LogP contribution >= 0.6 is 0 Å². The predicted molar refractivity (Wildman–Crippen MR) is 51.6 cm³/mol. The third kappa shape index (κ3) is 1.90. The Kier molecular flexibility index (Phi) is 2.62.